The van der Waals surface area contributed by atoms with E-state index in [4.69, 9.17) is 21.1 Å². The molecule has 3 nitrogen and oxygen atoms in total. The Bertz CT molecular complexity index is 614. The number of esters is 1. The Balaban J connectivity index is 2.06. The van der Waals surface area contributed by atoms with Gasteiger partial charge < -0.3 is 9.47 Å². The Kier molecular flexibility index (Phi) is 6.62. The van der Waals surface area contributed by atoms with E-state index in [1.807, 2.05) is 42.5 Å². The summed E-state index contributed by atoms with van der Waals surface area (Å²) in [6.45, 7) is 0.612. The smallest absolute Gasteiger partial charge is 0.339 e. The lowest BCUT2D eigenvalue weighted by Crippen LogP contribution is -2.02. The molecule has 116 valence electrons. The minimum Gasteiger partial charge on any atom is -0.494 e. The van der Waals surface area contributed by atoms with Crippen LogP contribution < -0.4 is 4.74 Å². The zero-order valence-electron chi connectivity index (χ0n) is 12.3. The van der Waals surface area contributed by atoms with Gasteiger partial charge in [0.15, 0.2) is 0 Å². The third-order valence-corrected chi connectivity index (χ3v) is 4.24. The lowest BCUT2D eigenvalue weighted by Gasteiger charge is -2.08. The molecule has 2 aromatic carbocycles. The molecule has 0 N–H and O–H groups in total. The molecule has 0 bridgehead atoms. The van der Waals surface area contributed by atoms with Gasteiger partial charge in [0.1, 0.15) is 5.75 Å². The summed E-state index contributed by atoms with van der Waals surface area (Å²) in [6.07, 6.45) is 0.824. The second-order valence-corrected chi connectivity index (χ2v) is 5.95. The minimum atomic E-state index is -0.330. The molecule has 0 radical (unpaired) electrons. The van der Waals surface area contributed by atoms with Crippen LogP contribution in [0.2, 0.25) is 0 Å². The first-order chi connectivity index (χ1) is 10.7. The minimum absolute atomic E-state index is 0.330. The van der Waals surface area contributed by atoms with Gasteiger partial charge in [0.25, 0.3) is 0 Å². The van der Waals surface area contributed by atoms with Crippen LogP contribution in [0.4, 0.5) is 0 Å². The van der Waals surface area contributed by atoms with Crippen LogP contribution in [0, 0.1) is 0 Å². The first kappa shape index (κ1) is 16.7. The molecule has 0 aliphatic heterocycles. The zero-order chi connectivity index (χ0) is 15.8. The Hall–Kier alpha value is -1.65. The zero-order valence-corrected chi connectivity index (χ0v) is 13.8. The van der Waals surface area contributed by atoms with Crippen LogP contribution in [0.3, 0.4) is 0 Å². The Labute approximate surface area is 139 Å². The summed E-state index contributed by atoms with van der Waals surface area (Å²) in [4.78, 5) is 13.7. The number of ether oxygens (including phenoxy) is 2. The van der Waals surface area contributed by atoms with Gasteiger partial charge in [0.2, 0.25) is 0 Å². The van der Waals surface area contributed by atoms with Crippen LogP contribution in [0.25, 0.3) is 0 Å². The van der Waals surface area contributed by atoms with Crippen LogP contribution in [0.5, 0.6) is 5.75 Å². The van der Waals surface area contributed by atoms with E-state index in [0.29, 0.717) is 18.1 Å². The average Bonchev–Trinajstić information content (AvgIpc) is 2.56. The first-order valence-corrected chi connectivity index (χ1v) is 8.23. The molecule has 0 saturated carbocycles. The summed E-state index contributed by atoms with van der Waals surface area (Å²) in [5.41, 5.74) is 0.567. The number of alkyl halides is 1. The van der Waals surface area contributed by atoms with Gasteiger partial charge in [-0.25, -0.2) is 4.79 Å². The molecule has 22 heavy (non-hydrogen) atoms. The number of hydrogen-bond donors (Lipinski definition) is 0. The molecule has 0 aliphatic rings. The molecule has 0 aromatic heterocycles. The van der Waals surface area contributed by atoms with Crippen LogP contribution in [0.1, 0.15) is 16.8 Å². The van der Waals surface area contributed by atoms with Gasteiger partial charge in [-0.15, -0.1) is 11.6 Å². The van der Waals surface area contributed by atoms with Crippen molar-refractivity contribution in [1.29, 1.82) is 0 Å². The molecular weight excluding hydrogens is 320 g/mol. The number of carbonyl (C=O) groups excluding carboxylic acids is 1. The molecule has 0 amide bonds. The van der Waals surface area contributed by atoms with Gasteiger partial charge >= 0.3 is 5.97 Å². The molecule has 0 spiro atoms. The van der Waals surface area contributed by atoms with Crippen molar-refractivity contribution in [3.8, 4) is 5.75 Å². The summed E-state index contributed by atoms with van der Waals surface area (Å²) in [6, 6.07) is 15.2. The van der Waals surface area contributed by atoms with Crippen molar-refractivity contribution >= 4 is 29.3 Å². The lowest BCUT2D eigenvalue weighted by molar-refractivity contribution is 0.0597. The van der Waals surface area contributed by atoms with E-state index in [9.17, 15) is 4.79 Å². The fourth-order valence-corrected chi connectivity index (χ4v) is 2.85. The van der Waals surface area contributed by atoms with Gasteiger partial charge in [0, 0.05) is 15.7 Å². The van der Waals surface area contributed by atoms with Crippen molar-refractivity contribution in [3.63, 3.8) is 0 Å². The lowest BCUT2D eigenvalue weighted by atomic mass is 10.2. The van der Waals surface area contributed by atoms with Gasteiger partial charge in [0.05, 0.1) is 19.3 Å². The van der Waals surface area contributed by atoms with Crippen molar-refractivity contribution in [3.05, 3.63) is 54.1 Å². The van der Waals surface area contributed by atoms with Crippen molar-refractivity contribution in [2.75, 3.05) is 19.6 Å². The fraction of sp³-hybridized carbons (Fsp3) is 0.235. The molecule has 0 atom stereocenters. The largest absolute Gasteiger partial charge is 0.494 e. The summed E-state index contributed by atoms with van der Waals surface area (Å²) < 4.78 is 10.4. The maximum Gasteiger partial charge on any atom is 0.339 e. The van der Waals surface area contributed by atoms with E-state index in [0.717, 1.165) is 22.0 Å². The van der Waals surface area contributed by atoms with Crippen molar-refractivity contribution in [1.82, 2.24) is 0 Å². The number of benzene rings is 2. The molecular formula is C17H17ClO3S. The highest BCUT2D eigenvalue weighted by Gasteiger charge is 2.11. The van der Waals surface area contributed by atoms with Crippen molar-refractivity contribution < 1.29 is 14.3 Å². The standard InChI is InChI=1S/C17H17ClO3S/c1-20-17(19)15-5-2-3-6-16(15)22-14-9-7-13(8-10-14)21-12-4-11-18/h2-3,5-10H,4,11-12H2,1H3. The summed E-state index contributed by atoms with van der Waals surface area (Å²) in [5.74, 6) is 1.08. The van der Waals surface area contributed by atoms with E-state index in [2.05, 4.69) is 0 Å². The van der Waals surface area contributed by atoms with Gasteiger partial charge in [-0.3, -0.25) is 0 Å². The maximum atomic E-state index is 11.8. The summed E-state index contributed by atoms with van der Waals surface area (Å²) in [5, 5.41) is 0. The van der Waals surface area contributed by atoms with E-state index in [-0.39, 0.29) is 5.97 Å². The van der Waals surface area contributed by atoms with E-state index >= 15 is 0 Å². The Morgan fingerprint density at radius 3 is 2.55 bits per heavy atom. The van der Waals surface area contributed by atoms with Gasteiger partial charge in [-0.2, -0.15) is 0 Å². The number of rotatable bonds is 7. The number of hydrogen-bond acceptors (Lipinski definition) is 4. The van der Waals surface area contributed by atoms with Crippen molar-refractivity contribution in [2.45, 2.75) is 16.2 Å². The highest BCUT2D eigenvalue weighted by atomic mass is 35.5. The van der Waals surface area contributed by atoms with Crippen LogP contribution in [-0.4, -0.2) is 25.6 Å². The molecule has 0 unspecified atom stereocenters. The van der Waals surface area contributed by atoms with Crippen LogP contribution in [-0.2, 0) is 4.74 Å². The predicted molar refractivity (Wildman–Crippen MR) is 89.2 cm³/mol. The molecule has 0 heterocycles. The second-order valence-electron chi connectivity index (χ2n) is 4.45. The SMILES string of the molecule is COC(=O)c1ccccc1Sc1ccc(OCCCCl)cc1. The molecule has 2 aromatic rings. The fourth-order valence-electron chi connectivity index (χ4n) is 1.81. The van der Waals surface area contributed by atoms with Crippen LogP contribution >= 0.6 is 23.4 Å². The normalized spacial score (nSPS) is 10.3. The summed E-state index contributed by atoms with van der Waals surface area (Å²) in [7, 11) is 1.39. The maximum absolute atomic E-state index is 11.8. The number of methoxy groups -OCH3 is 1. The first-order valence-electron chi connectivity index (χ1n) is 6.88. The highest BCUT2D eigenvalue weighted by Crippen LogP contribution is 2.31. The third kappa shape index (κ3) is 4.68. The Morgan fingerprint density at radius 1 is 1.14 bits per heavy atom. The molecule has 0 saturated heterocycles. The van der Waals surface area contributed by atoms with Crippen LogP contribution in [0.15, 0.2) is 58.3 Å². The van der Waals surface area contributed by atoms with E-state index < -0.39 is 0 Å². The second kappa shape index (κ2) is 8.71. The third-order valence-electron chi connectivity index (χ3n) is 2.89. The average molecular weight is 337 g/mol. The molecule has 2 rings (SSSR count). The van der Waals surface area contributed by atoms with E-state index in [1.165, 1.54) is 18.9 Å². The predicted octanol–water partition coefficient (Wildman–Crippen LogP) is 4.63. The Morgan fingerprint density at radius 2 is 1.86 bits per heavy atom. The molecule has 5 heteroatoms. The monoisotopic (exact) mass is 336 g/mol. The summed E-state index contributed by atoms with van der Waals surface area (Å²) >= 11 is 7.13. The molecule has 0 aliphatic carbocycles. The molecule has 0 fully saturated rings. The van der Waals surface area contributed by atoms with E-state index in [1.54, 1.807) is 6.07 Å². The topological polar surface area (TPSA) is 35.5 Å². The number of halogens is 1. The van der Waals surface area contributed by atoms with Gasteiger partial charge in [-0.05, 0) is 42.8 Å². The highest BCUT2D eigenvalue weighted by molar-refractivity contribution is 7.99. The number of carbonyl (C=O) groups is 1. The van der Waals surface area contributed by atoms with Crippen molar-refractivity contribution in [2.24, 2.45) is 0 Å². The quantitative estimate of drug-likeness (QED) is 0.419. The van der Waals surface area contributed by atoms with Gasteiger partial charge in [-0.1, -0.05) is 23.9 Å².